The summed E-state index contributed by atoms with van der Waals surface area (Å²) in [4.78, 5) is 9.42. The predicted octanol–water partition coefficient (Wildman–Crippen LogP) is 4.32. The molecule has 10 heteroatoms. The molecule has 0 unspecified atom stereocenters. The summed E-state index contributed by atoms with van der Waals surface area (Å²) in [6.07, 6.45) is -4.92. The Balaban J connectivity index is 3.41. The zero-order valence-corrected chi connectivity index (χ0v) is 10.4. The van der Waals surface area contributed by atoms with E-state index in [9.17, 15) is 23.3 Å². The quantitative estimate of drug-likeness (QED) is 0.462. The first-order valence-electron chi connectivity index (χ1n) is 4.12. The maximum atomic E-state index is 12.6. The van der Waals surface area contributed by atoms with Crippen LogP contribution >= 0.6 is 34.8 Å². The molecule has 0 amide bonds. The van der Waals surface area contributed by atoms with Crippen LogP contribution in [0.25, 0.3) is 0 Å². The number of hydrogen-bond donors (Lipinski definition) is 0. The Labute approximate surface area is 113 Å². The van der Waals surface area contributed by atoms with E-state index in [0.717, 1.165) is 12.1 Å². The van der Waals surface area contributed by atoms with Crippen molar-refractivity contribution in [2.24, 2.45) is 0 Å². The molecule has 0 heterocycles. The van der Waals surface area contributed by atoms with Crippen LogP contribution in [0.15, 0.2) is 18.2 Å². The van der Waals surface area contributed by atoms with Crippen molar-refractivity contribution in [1.82, 2.24) is 0 Å². The molecule has 1 aromatic rings. The number of rotatable bonds is 2. The molecule has 0 atom stereocenters. The highest BCUT2D eigenvalue weighted by molar-refractivity contribution is 6.66. The summed E-state index contributed by atoms with van der Waals surface area (Å²) >= 11 is 15.6. The van der Waals surface area contributed by atoms with E-state index >= 15 is 0 Å². The number of para-hydroxylation sites is 1. The van der Waals surface area contributed by atoms with Gasteiger partial charge in [0.05, 0.1) is 4.92 Å². The van der Waals surface area contributed by atoms with Gasteiger partial charge in [-0.1, -0.05) is 6.07 Å². The molecule has 0 aromatic heterocycles. The van der Waals surface area contributed by atoms with E-state index < -0.39 is 32.1 Å². The lowest BCUT2D eigenvalue weighted by Crippen LogP contribution is -2.16. The monoisotopic (exact) mass is 323 g/mol. The molecule has 0 fully saturated rings. The summed E-state index contributed by atoms with van der Waals surface area (Å²) in [7, 11) is 0. The van der Waals surface area contributed by atoms with E-state index in [4.69, 9.17) is 34.8 Å². The molecular formula is C8H3Cl3F3NO3. The second-order valence-electron chi connectivity index (χ2n) is 2.95. The van der Waals surface area contributed by atoms with Gasteiger partial charge >= 0.3 is 15.8 Å². The molecule has 0 aliphatic heterocycles. The fraction of sp³-hybridized carbons (Fsp3) is 0.250. The number of hydrogen-bond acceptors (Lipinski definition) is 3. The van der Waals surface area contributed by atoms with E-state index in [1.165, 1.54) is 0 Å². The van der Waals surface area contributed by atoms with Gasteiger partial charge in [-0.05, 0) is 46.9 Å². The number of alkyl halides is 6. The fourth-order valence-electron chi connectivity index (χ4n) is 1.15. The Morgan fingerprint density at radius 3 is 2.17 bits per heavy atom. The van der Waals surface area contributed by atoms with E-state index in [2.05, 4.69) is 4.74 Å². The van der Waals surface area contributed by atoms with Crippen LogP contribution in [0.2, 0.25) is 0 Å². The first kappa shape index (κ1) is 15.1. The normalized spacial score (nSPS) is 12.3. The van der Waals surface area contributed by atoms with Crippen molar-refractivity contribution in [2.75, 3.05) is 0 Å². The van der Waals surface area contributed by atoms with Crippen molar-refractivity contribution in [2.45, 2.75) is 10.2 Å². The highest BCUT2D eigenvalue weighted by Gasteiger charge is 2.41. The molecule has 0 saturated heterocycles. The first-order chi connectivity index (χ1) is 8.02. The number of nitrogens with zero attached hydrogens (tertiary/aromatic N) is 1. The number of ether oxygens (including phenoxy) is 1. The Bertz CT molecular complexity index is 473. The number of halogens is 6. The molecule has 0 aliphatic rings. The molecule has 18 heavy (non-hydrogen) atoms. The van der Waals surface area contributed by atoms with Gasteiger partial charge in [-0.2, -0.15) is 13.2 Å². The molecule has 4 nitrogen and oxygen atoms in total. The number of benzene rings is 1. The molecule has 0 saturated carbocycles. The highest BCUT2D eigenvalue weighted by atomic mass is 35.6. The molecule has 0 aliphatic carbocycles. The van der Waals surface area contributed by atoms with Crippen molar-refractivity contribution >= 4 is 40.5 Å². The van der Waals surface area contributed by atoms with Crippen molar-refractivity contribution < 1.29 is 22.8 Å². The largest absolute Gasteiger partial charge is 0.438 e. The van der Waals surface area contributed by atoms with Gasteiger partial charge in [0.1, 0.15) is 5.56 Å². The van der Waals surface area contributed by atoms with E-state index in [-0.39, 0.29) is 0 Å². The molecule has 0 spiro atoms. The van der Waals surface area contributed by atoms with Gasteiger partial charge in [-0.25, -0.2) is 0 Å². The zero-order chi connectivity index (χ0) is 14.1. The lowest BCUT2D eigenvalue weighted by molar-refractivity contribution is -0.389. The van der Waals surface area contributed by atoms with Crippen molar-refractivity contribution in [1.29, 1.82) is 0 Å². The van der Waals surface area contributed by atoms with Crippen LogP contribution in [0.4, 0.5) is 18.9 Å². The van der Waals surface area contributed by atoms with Gasteiger partial charge in [0.2, 0.25) is 5.75 Å². The topological polar surface area (TPSA) is 52.4 Å². The Morgan fingerprint density at radius 2 is 1.78 bits per heavy atom. The van der Waals surface area contributed by atoms with Gasteiger partial charge in [0, 0.05) is 0 Å². The van der Waals surface area contributed by atoms with Gasteiger partial charge in [0.15, 0.2) is 0 Å². The summed E-state index contributed by atoms with van der Waals surface area (Å²) in [5, 5.41) is 10.7. The Morgan fingerprint density at radius 1 is 1.22 bits per heavy atom. The molecule has 1 rings (SSSR count). The lowest BCUT2D eigenvalue weighted by atomic mass is 10.1. The van der Waals surface area contributed by atoms with E-state index in [0.29, 0.717) is 6.07 Å². The van der Waals surface area contributed by atoms with Crippen molar-refractivity contribution in [3.8, 4) is 5.75 Å². The van der Waals surface area contributed by atoms with Crippen molar-refractivity contribution in [3.05, 3.63) is 33.9 Å². The lowest BCUT2D eigenvalue weighted by Gasteiger charge is -2.15. The molecule has 0 N–H and O–H groups in total. The Hall–Kier alpha value is -0.920. The number of nitro groups is 1. The van der Waals surface area contributed by atoms with Gasteiger partial charge < -0.3 is 4.74 Å². The molecule has 0 radical (unpaired) electrons. The van der Waals surface area contributed by atoms with Crippen LogP contribution < -0.4 is 4.74 Å². The molecule has 1 aromatic carbocycles. The maximum Gasteiger partial charge on any atom is 0.423 e. The minimum Gasteiger partial charge on any atom is -0.438 e. The summed E-state index contributed by atoms with van der Waals surface area (Å²) in [6.45, 7) is 0. The third-order valence-corrected chi connectivity index (χ3v) is 1.94. The average molecular weight is 324 g/mol. The fourth-order valence-corrected chi connectivity index (χ4v) is 1.40. The highest BCUT2D eigenvalue weighted by Crippen LogP contribution is 2.43. The van der Waals surface area contributed by atoms with Crippen LogP contribution in [-0.4, -0.2) is 8.90 Å². The van der Waals surface area contributed by atoms with Crippen LogP contribution in [0, 0.1) is 10.1 Å². The average Bonchev–Trinajstić information content (AvgIpc) is 2.12. The van der Waals surface area contributed by atoms with Gasteiger partial charge in [0.25, 0.3) is 0 Å². The summed E-state index contributed by atoms with van der Waals surface area (Å²) < 4.78 is 39.8. The minimum atomic E-state index is -4.92. The van der Waals surface area contributed by atoms with Crippen LogP contribution in [-0.2, 0) is 6.18 Å². The van der Waals surface area contributed by atoms with Crippen LogP contribution in [0.5, 0.6) is 5.75 Å². The standard InChI is InChI=1S/C8H3Cl3F3NO3/c9-8(10,11)18-5-3-1-2-4(7(12,13)14)6(5)15(16)17/h1-3H. The van der Waals surface area contributed by atoms with Crippen LogP contribution in [0.1, 0.15) is 5.56 Å². The molecule has 0 bridgehead atoms. The molecular weight excluding hydrogens is 321 g/mol. The SMILES string of the molecule is O=[N+]([O-])c1c(OC(Cl)(Cl)Cl)cccc1C(F)(F)F. The number of nitro benzene ring substituents is 1. The van der Waals surface area contributed by atoms with Gasteiger partial charge in [-0.3, -0.25) is 10.1 Å². The predicted molar refractivity (Wildman–Crippen MR) is 59.0 cm³/mol. The molecule has 100 valence electrons. The third-order valence-electron chi connectivity index (χ3n) is 1.71. The van der Waals surface area contributed by atoms with Crippen molar-refractivity contribution in [3.63, 3.8) is 0 Å². The second kappa shape index (κ2) is 4.99. The third kappa shape index (κ3) is 3.79. The zero-order valence-electron chi connectivity index (χ0n) is 8.17. The van der Waals surface area contributed by atoms with Crippen LogP contribution in [0.3, 0.4) is 0 Å². The maximum absolute atomic E-state index is 12.6. The summed E-state index contributed by atoms with van der Waals surface area (Å²) in [5.74, 6) is -0.783. The van der Waals surface area contributed by atoms with E-state index in [1.807, 2.05) is 0 Å². The van der Waals surface area contributed by atoms with E-state index in [1.54, 1.807) is 0 Å². The second-order valence-corrected chi connectivity index (χ2v) is 5.13. The summed E-state index contributed by atoms with van der Waals surface area (Å²) in [6, 6.07) is 2.33. The first-order valence-corrected chi connectivity index (χ1v) is 5.26. The smallest absolute Gasteiger partial charge is 0.423 e. The Kier molecular flexibility index (Phi) is 4.19. The minimum absolute atomic E-state index is 0.531. The summed E-state index contributed by atoms with van der Waals surface area (Å²) in [5.41, 5.74) is -2.80. The van der Waals surface area contributed by atoms with Gasteiger partial charge in [-0.15, -0.1) is 0 Å².